The van der Waals surface area contributed by atoms with Gasteiger partial charge in [-0.25, -0.2) is 19.9 Å². The molecule has 0 spiro atoms. The Morgan fingerprint density at radius 1 is 0.179 bits per heavy atom. The van der Waals surface area contributed by atoms with Crippen LogP contribution in [0.15, 0.2) is 419 Å². The number of aromatic nitrogens is 15. The third-order valence-electron chi connectivity index (χ3n) is 27.9. The second-order valence-electron chi connectivity index (χ2n) is 34.9. The lowest BCUT2D eigenvalue weighted by Gasteiger charge is -2.16. The maximum atomic E-state index is 5.44. The normalized spacial score (nSPS) is 12.0. The molecule has 13 aromatic heterocycles. The van der Waals surface area contributed by atoms with Gasteiger partial charge in [0, 0.05) is 136 Å². The average Bonchev–Trinajstić information content (AvgIpc) is 1.55. The Balaban J connectivity index is 0.0000000925. The van der Waals surface area contributed by atoms with Gasteiger partial charge in [-0.05, 0) is 121 Å². The molecule has 0 aliphatic heterocycles. The van der Waals surface area contributed by atoms with E-state index in [1.807, 2.05) is 6.20 Å². The number of aryl methyl sites for hydroxylation is 4. The van der Waals surface area contributed by atoms with Gasteiger partial charge in [-0.3, -0.25) is 18.3 Å². The van der Waals surface area contributed by atoms with E-state index in [0.717, 1.165) is 94.4 Å². The maximum Gasteiger partial charge on any atom is 0.237 e. The zero-order valence-electron chi connectivity index (χ0n) is 73.5. The molecular formula is C119H81N15. The highest BCUT2D eigenvalue weighted by atomic mass is 15.2. The Morgan fingerprint density at radius 2 is 0.463 bits per heavy atom. The summed E-state index contributed by atoms with van der Waals surface area (Å²) in [5.74, 6) is 3.19. The molecule has 0 unspecified atom stereocenters. The molecule has 13 heterocycles. The third-order valence-corrected chi connectivity index (χ3v) is 27.9. The van der Waals surface area contributed by atoms with Gasteiger partial charge in [0.15, 0.2) is 5.82 Å². The molecule has 632 valence electrons. The number of pyridine rings is 1. The van der Waals surface area contributed by atoms with Crippen molar-refractivity contribution in [2.24, 2.45) is 28.2 Å². The molecule has 17 aromatic carbocycles. The lowest BCUT2D eigenvalue weighted by Crippen LogP contribution is -2.08. The zero-order chi connectivity index (χ0) is 88.7. The van der Waals surface area contributed by atoms with Gasteiger partial charge in [0.25, 0.3) is 0 Å². The predicted molar refractivity (Wildman–Crippen MR) is 557 cm³/mol. The highest BCUT2D eigenvalue weighted by Gasteiger charge is 2.28. The Kier molecular flexibility index (Phi) is 16.9. The SMILES string of the molecule is Cn1c2ccccc2c2cc(-n3c4ccccc4c4ccccc43)cc(-n3c4ccccc4c4ccccc43)c21.Cn1c2ccccc2c2ccc(-n3c4ccccc4c4ccccc43)nc21.Cn1c2ccccc2c2nc(-n3c4ccccc4c4ccccc43)nc(-n3c4ccccc4c4ccccc43)c21.Cn1c2ccccc2c2nc(-n3c4ccccc4c4ccccc43)ncc21. The minimum atomic E-state index is 0.665. The van der Waals surface area contributed by atoms with Gasteiger partial charge in [0.2, 0.25) is 11.9 Å². The van der Waals surface area contributed by atoms with Gasteiger partial charge < -0.3 is 27.4 Å². The van der Waals surface area contributed by atoms with Crippen LogP contribution in [0.1, 0.15) is 0 Å². The molecule has 0 amide bonds. The van der Waals surface area contributed by atoms with Crippen molar-refractivity contribution >= 4 is 218 Å². The molecule has 30 rings (SSSR count). The summed E-state index contributed by atoms with van der Waals surface area (Å²) in [5.41, 5.74) is 27.3. The molecule has 0 saturated heterocycles. The van der Waals surface area contributed by atoms with Crippen molar-refractivity contribution in [2.45, 2.75) is 0 Å². The molecule has 30 aromatic rings. The standard InChI is InChI=1S/C37H25N3.C35H23N5.C24H17N3.C23H16N4/c1-38-31-17-7-2-16-29(31)30-22-24(39-32-18-8-3-12-25(32)26-13-4-9-19-33(26)39)23-36(37(30)38)40-34-20-10-5-14-27(34)28-15-6-11-21-35(28)40;1-38-27-17-7-6-16-26(27)32-33(38)34(39-28-18-8-2-12-22(28)23-13-3-9-19-29(23)39)37-35(36-32)40-30-20-10-4-14-24(30)25-15-5-11-21-31(25)40;1-26-20-11-5-2-10-18(20)19-14-15-23(25-24(19)26)27-21-12-6-3-8-16(21)17-9-4-7-13-22(17)27;1-26-18-11-5-4-10-17(18)22-21(26)14-24-23(25-22)27-19-12-6-2-8-15(19)16-9-3-7-13-20(16)27/h2-23H,1H3;2-21H,1H3;2-15H,1H3;2-14H,1H3. The van der Waals surface area contributed by atoms with Gasteiger partial charge in [-0.1, -0.05) is 291 Å². The Morgan fingerprint density at radius 3 is 0.866 bits per heavy atom. The van der Waals surface area contributed by atoms with Crippen molar-refractivity contribution < 1.29 is 0 Å². The fourth-order valence-electron chi connectivity index (χ4n) is 22.0. The highest BCUT2D eigenvalue weighted by Crippen LogP contribution is 2.45. The van der Waals surface area contributed by atoms with Crippen molar-refractivity contribution in [1.29, 1.82) is 0 Å². The first kappa shape index (κ1) is 76.1. The fraction of sp³-hybridized carbons (Fsp3) is 0.0336. The monoisotopic (exact) mass is 1720 g/mol. The third kappa shape index (κ3) is 11.2. The van der Waals surface area contributed by atoms with Gasteiger partial charge in [0.1, 0.15) is 28.0 Å². The fourth-order valence-corrected chi connectivity index (χ4v) is 22.0. The van der Waals surface area contributed by atoms with Crippen LogP contribution in [-0.2, 0) is 28.2 Å². The van der Waals surface area contributed by atoms with E-state index in [0.29, 0.717) is 11.9 Å². The van der Waals surface area contributed by atoms with E-state index in [2.05, 4.69) is 486 Å². The number of hydrogen-bond acceptors (Lipinski definition) is 5. The van der Waals surface area contributed by atoms with E-state index in [1.165, 1.54) is 147 Å². The summed E-state index contributed by atoms with van der Waals surface area (Å²) >= 11 is 0. The van der Waals surface area contributed by atoms with E-state index >= 15 is 0 Å². The summed E-state index contributed by atoms with van der Waals surface area (Å²) in [4.78, 5) is 25.6. The zero-order valence-corrected chi connectivity index (χ0v) is 73.5. The Labute approximate surface area is 765 Å². The largest absolute Gasteiger partial charge is 0.342 e. The average molecular weight is 1720 g/mol. The quantitative estimate of drug-likeness (QED) is 0.165. The van der Waals surface area contributed by atoms with Crippen LogP contribution in [0.2, 0.25) is 0 Å². The highest BCUT2D eigenvalue weighted by molar-refractivity contribution is 6.20. The summed E-state index contributed by atoms with van der Waals surface area (Å²) in [6, 6.07) is 146. The molecule has 0 saturated carbocycles. The molecule has 0 bridgehead atoms. The summed E-state index contributed by atoms with van der Waals surface area (Å²) in [6.45, 7) is 0. The predicted octanol–water partition coefficient (Wildman–Crippen LogP) is 28.9. The molecule has 15 nitrogen and oxygen atoms in total. The number of rotatable bonds is 6. The van der Waals surface area contributed by atoms with Crippen LogP contribution in [0.3, 0.4) is 0 Å². The van der Waals surface area contributed by atoms with E-state index < -0.39 is 0 Å². The maximum absolute atomic E-state index is 5.44. The van der Waals surface area contributed by atoms with E-state index in [4.69, 9.17) is 24.9 Å². The molecule has 0 aliphatic rings. The van der Waals surface area contributed by atoms with Crippen LogP contribution in [0.4, 0.5) is 0 Å². The Hall–Kier alpha value is -18.0. The van der Waals surface area contributed by atoms with E-state index in [1.54, 1.807) is 0 Å². The van der Waals surface area contributed by atoms with Crippen LogP contribution in [-0.4, -0.2) is 70.6 Å². The van der Waals surface area contributed by atoms with Crippen molar-refractivity contribution in [3.05, 3.63) is 419 Å². The van der Waals surface area contributed by atoms with Crippen molar-refractivity contribution in [2.75, 3.05) is 0 Å². The summed E-state index contributed by atoms with van der Waals surface area (Å²) in [5, 5.41) is 22.1. The van der Waals surface area contributed by atoms with Crippen molar-refractivity contribution in [1.82, 2.24) is 70.6 Å². The van der Waals surface area contributed by atoms with Gasteiger partial charge in [0.05, 0.1) is 106 Å². The molecule has 0 aliphatic carbocycles. The summed E-state index contributed by atoms with van der Waals surface area (Å²) in [6.07, 6.45) is 1.93. The number of para-hydroxylation sites is 16. The van der Waals surface area contributed by atoms with Crippen LogP contribution < -0.4 is 0 Å². The topological polar surface area (TPSA) is 114 Å². The van der Waals surface area contributed by atoms with Crippen LogP contribution in [0, 0.1) is 0 Å². The number of fused-ring (bicyclic) bond motifs is 30. The number of benzene rings is 17. The minimum absolute atomic E-state index is 0.665. The molecule has 0 fully saturated rings. The van der Waals surface area contributed by atoms with Gasteiger partial charge >= 0.3 is 0 Å². The van der Waals surface area contributed by atoms with Crippen molar-refractivity contribution in [3.63, 3.8) is 0 Å². The first-order chi connectivity index (χ1) is 66.2. The molecule has 0 N–H and O–H groups in total. The summed E-state index contributed by atoms with van der Waals surface area (Å²) in [7, 11) is 8.47. The lowest BCUT2D eigenvalue weighted by molar-refractivity contribution is 0.942. The minimum Gasteiger partial charge on any atom is -0.342 e. The summed E-state index contributed by atoms with van der Waals surface area (Å²) < 4.78 is 22.8. The molecule has 134 heavy (non-hydrogen) atoms. The molecule has 0 atom stereocenters. The van der Waals surface area contributed by atoms with Crippen LogP contribution in [0.25, 0.3) is 253 Å². The lowest BCUT2D eigenvalue weighted by atomic mass is 10.1. The first-order valence-electron chi connectivity index (χ1n) is 45.5. The van der Waals surface area contributed by atoms with Crippen molar-refractivity contribution in [3.8, 4) is 34.9 Å². The smallest absolute Gasteiger partial charge is 0.237 e. The van der Waals surface area contributed by atoms with Gasteiger partial charge in [-0.2, -0.15) is 4.98 Å². The van der Waals surface area contributed by atoms with Gasteiger partial charge in [-0.15, -0.1) is 0 Å². The number of nitrogens with zero attached hydrogens (tertiary/aromatic N) is 15. The molecule has 0 radical (unpaired) electrons. The second-order valence-corrected chi connectivity index (χ2v) is 34.9. The number of hydrogen-bond donors (Lipinski definition) is 0. The Bertz CT molecular complexity index is 9470. The first-order valence-corrected chi connectivity index (χ1v) is 45.5. The van der Waals surface area contributed by atoms with Crippen LogP contribution in [0.5, 0.6) is 0 Å². The molecular weight excluding hydrogens is 1640 g/mol. The van der Waals surface area contributed by atoms with E-state index in [-0.39, 0.29) is 0 Å². The van der Waals surface area contributed by atoms with E-state index in [9.17, 15) is 0 Å². The molecule has 15 heteroatoms. The van der Waals surface area contributed by atoms with Crippen LogP contribution >= 0.6 is 0 Å². The second kappa shape index (κ2) is 29.8.